The van der Waals surface area contributed by atoms with Crippen LogP contribution < -0.4 is 0 Å². The number of hydrogen-bond donors (Lipinski definition) is 1. The Morgan fingerprint density at radius 2 is 2.33 bits per heavy atom. The fraction of sp³-hybridized carbons (Fsp3) is 0.125. The van der Waals surface area contributed by atoms with Crippen LogP contribution in [0.5, 0.6) is 5.75 Å². The molecule has 0 atom stereocenters. The van der Waals surface area contributed by atoms with Crippen molar-refractivity contribution >= 4 is 17.1 Å². The van der Waals surface area contributed by atoms with Crippen molar-refractivity contribution in [3.8, 4) is 5.75 Å². The lowest BCUT2D eigenvalue weighted by Crippen LogP contribution is -1.84. The van der Waals surface area contributed by atoms with Gasteiger partial charge >= 0.3 is 0 Å². The Balaban J connectivity index is 2.97. The maximum Gasteiger partial charge on any atom is 0.142 e. The average Bonchev–Trinajstić information content (AvgIpc) is 2.29. The molecule has 0 radical (unpaired) electrons. The molecule has 2 rings (SSSR count). The number of aromatic hydroxyl groups is 1. The second kappa shape index (κ2) is 2.38. The van der Waals surface area contributed by atoms with Crippen LogP contribution >= 0.6 is 11.6 Å². The summed E-state index contributed by atoms with van der Waals surface area (Å²) in [6, 6.07) is 3.30. The predicted molar refractivity (Wildman–Crippen MR) is 46.6 cm³/mol. The molecule has 0 aromatic carbocycles. The molecule has 0 aliphatic carbocycles. The van der Waals surface area contributed by atoms with Gasteiger partial charge in [0.15, 0.2) is 0 Å². The Morgan fingerprint density at radius 3 is 3.00 bits per heavy atom. The first-order valence-electron chi connectivity index (χ1n) is 3.52. The van der Waals surface area contributed by atoms with Gasteiger partial charge in [-0.25, -0.2) is 4.52 Å². The van der Waals surface area contributed by atoms with Crippen molar-refractivity contribution in [2.75, 3.05) is 0 Å². The Labute approximate surface area is 74.2 Å². The van der Waals surface area contributed by atoms with Crippen LogP contribution in [-0.4, -0.2) is 14.7 Å². The molecule has 3 nitrogen and oxygen atoms in total. The molecule has 0 spiro atoms. The predicted octanol–water partition coefficient (Wildman–Crippen LogP) is 2.00. The largest absolute Gasteiger partial charge is 0.506 e. The number of halogens is 1. The minimum atomic E-state index is 0.156. The van der Waals surface area contributed by atoms with E-state index in [9.17, 15) is 5.11 Å². The van der Waals surface area contributed by atoms with E-state index in [1.165, 1.54) is 0 Å². The highest BCUT2D eigenvalue weighted by molar-refractivity contribution is 6.34. The summed E-state index contributed by atoms with van der Waals surface area (Å²) in [6.45, 7) is 1.80. The van der Waals surface area contributed by atoms with Gasteiger partial charge < -0.3 is 5.11 Å². The number of fused-ring (bicyclic) bond motifs is 1. The molecule has 62 valence electrons. The Morgan fingerprint density at radius 1 is 1.58 bits per heavy atom. The Hall–Kier alpha value is -1.22. The summed E-state index contributed by atoms with van der Waals surface area (Å²) >= 11 is 5.90. The fourth-order valence-electron chi connectivity index (χ4n) is 1.16. The van der Waals surface area contributed by atoms with Crippen molar-refractivity contribution < 1.29 is 5.11 Å². The monoisotopic (exact) mass is 182 g/mol. The summed E-state index contributed by atoms with van der Waals surface area (Å²) in [7, 11) is 0. The average molecular weight is 183 g/mol. The van der Waals surface area contributed by atoms with Crippen molar-refractivity contribution in [3.63, 3.8) is 0 Å². The first kappa shape index (κ1) is 7.43. The Bertz CT molecular complexity index is 436. The fourth-order valence-corrected chi connectivity index (χ4v) is 1.38. The van der Waals surface area contributed by atoms with Gasteiger partial charge in [0.2, 0.25) is 0 Å². The van der Waals surface area contributed by atoms with Gasteiger partial charge in [-0.15, -0.1) is 0 Å². The molecule has 12 heavy (non-hydrogen) atoms. The van der Waals surface area contributed by atoms with Gasteiger partial charge in [-0.3, -0.25) is 0 Å². The molecule has 4 heteroatoms. The number of aryl methyl sites for hydroxylation is 1. The van der Waals surface area contributed by atoms with E-state index >= 15 is 0 Å². The lowest BCUT2D eigenvalue weighted by Gasteiger charge is -1.94. The highest BCUT2D eigenvalue weighted by Crippen LogP contribution is 2.27. The molecule has 0 bridgehead atoms. The van der Waals surface area contributed by atoms with E-state index in [1.807, 2.05) is 0 Å². The Kier molecular flexibility index (Phi) is 1.48. The van der Waals surface area contributed by atoms with Crippen molar-refractivity contribution in [2.45, 2.75) is 6.92 Å². The molecule has 0 unspecified atom stereocenters. The molecule has 2 heterocycles. The third-order valence-corrected chi connectivity index (χ3v) is 2.19. The molecule has 0 aliphatic heterocycles. The highest BCUT2D eigenvalue weighted by Gasteiger charge is 2.09. The SMILES string of the molecule is Cc1nn2cccc(O)c2c1Cl. The number of hydrogen-bond acceptors (Lipinski definition) is 2. The summed E-state index contributed by atoms with van der Waals surface area (Å²) in [5.74, 6) is 0.156. The quantitative estimate of drug-likeness (QED) is 0.677. The van der Waals surface area contributed by atoms with Gasteiger partial charge in [0.25, 0.3) is 0 Å². The second-order valence-corrected chi connectivity index (χ2v) is 2.96. The molecule has 0 aliphatic rings. The molecule has 0 fully saturated rings. The van der Waals surface area contributed by atoms with Crippen LogP contribution in [0.15, 0.2) is 18.3 Å². The van der Waals surface area contributed by atoms with Crippen LogP contribution in [0.3, 0.4) is 0 Å². The van der Waals surface area contributed by atoms with E-state index < -0.39 is 0 Å². The zero-order chi connectivity index (χ0) is 8.72. The third kappa shape index (κ3) is 0.865. The standard InChI is InChI=1S/C8H7ClN2O/c1-5-7(9)8-6(12)3-2-4-11(8)10-5/h2-4,12H,1H3. The third-order valence-electron chi connectivity index (χ3n) is 1.74. The second-order valence-electron chi connectivity index (χ2n) is 2.59. The van der Waals surface area contributed by atoms with Gasteiger partial charge in [-0.05, 0) is 19.1 Å². The van der Waals surface area contributed by atoms with Crippen LogP contribution in [-0.2, 0) is 0 Å². The first-order valence-corrected chi connectivity index (χ1v) is 3.90. The van der Waals surface area contributed by atoms with Crippen LogP contribution in [0, 0.1) is 6.92 Å². The molecule has 0 amide bonds. The molecule has 1 N–H and O–H groups in total. The summed E-state index contributed by atoms with van der Waals surface area (Å²) in [4.78, 5) is 0. The normalized spacial score (nSPS) is 10.8. The maximum atomic E-state index is 9.42. The lowest BCUT2D eigenvalue weighted by molar-refractivity contribution is 0.478. The molecule has 2 aromatic rings. The van der Waals surface area contributed by atoms with Crippen LogP contribution in [0.1, 0.15) is 5.69 Å². The number of aromatic nitrogens is 2. The minimum Gasteiger partial charge on any atom is -0.506 e. The highest BCUT2D eigenvalue weighted by atomic mass is 35.5. The molecule has 0 saturated heterocycles. The summed E-state index contributed by atoms with van der Waals surface area (Å²) in [5.41, 5.74) is 1.29. The number of pyridine rings is 1. The van der Waals surface area contributed by atoms with Crippen LogP contribution in [0.25, 0.3) is 5.52 Å². The van der Waals surface area contributed by atoms with Crippen molar-refractivity contribution in [1.82, 2.24) is 9.61 Å². The minimum absolute atomic E-state index is 0.156. The van der Waals surface area contributed by atoms with E-state index in [0.29, 0.717) is 10.5 Å². The van der Waals surface area contributed by atoms with Gasteiger partial charge in [-0.2, -0.15) is 5.10 Å². The van der Waals surface area contributed by atoms with Gasteiger partial charge in [0.05, 0.1) is 10.7 Å². The maximum absolute atomic E-state index is 9.42. The number of nitrogens with zero attached hydrogens (tertiary/aromatic N) is 2. The zero-order valence-electron chi connectivity index (χ0n) is 6.45. The van der Waals surface area contributed by atoms with E-state index in [-0.39, 0.29) is 5.75 Å². The molecule has 2 aromatic heterocycles. The van der Waals surface area contributed by atoms with Crippen molar-refractivity contribution in [3.05, 3.63) is 29.0 Å². The van der Waals surface area contributed by atoms with Crippen molar-refractivity contribution in [2.24, 2.45) is 0 Å². The van der Waals surface area contributed by atoms with Gasteiger partial charge in [0, 0.05) is 6.20 Å². The van der Waals surface area contributed by atoms with Gasteiger partial charge in [0.1, 0.15) is 11.3 Å². The topological polar surface area (TPSA) is 37.5 Å². The van der Waals surface area contributed by atoms with Crippen LogP contribution in [0.4, 0.5) is 0 Å². The van der Waals surface area contributed by atoms with Gasteiger partial charge in [-0.1, -0.05) is 11.6 Å². The molecule has 0 saturated carbocycles. The zero-order valence-corrected chi connectivity index (χ0v) is 7.21. The van der Waals surface area contributed by atoms with Crippen LogP contribution in [0.2, 0.25) is 5.02 Å². The smallest absolute Gasteiger partial charge is 0.142 e. The number of rotatable bonds is 0. The summed E-state index contributed by atoms with van der Waals surface area (Å²) < 4.78 is 1.56. The van der Waals surface area contributed by atoms with E-state index in [0.717, 1.165) is 5.69 Å². The van der Waals surface area contributed by atoms with E-state index in [4.69, 9.17) is 11.6 Å². The molecular formula is C8H7ClN2O. The summed E-state index contributed by atoms with van der Waals surface area (Å²) in [6.07, 6.45) is 1.74. The summed E-state index contributed by atoms with van der Waals surface area (Å²) in [5, 5.41) is 14.0. The first-order chi connectivity index (χ1) is 5.70. The van der Waals surface area contributed by atoms with E-state index in [2.05, 4.69) is 5.10 Å². The lowest BCUT2D eigenvalue weighted by atomic mass is 10.3. The van der Waals surface area contributed by atoms with Crippen molar-refractivity contribution in [1.29, 1.82) is 0 Å². The van der Waals surface area contributed by atoms with E-state index in [1.54, 1.807) is 29.8 Å². The molecular weight excluding hydrogens is 176 g/mol.